The second-order valence-electron chi connectivity index (χ2n) is 7.09. The second-order valence-corrected chi connectivity index (χ2v) is 7.09. The first-order valence-electron chi connectivity index (χ1n) is 8.61. The van der Waals surface area contributed by atoms with E-state index >= 15 is 0 Å². The van der Waals surface area contributed by atoms with Gasteiger partial charge in [0.25, 0.3) is 0 Å². The second kappa shape index (κ2) is 6.52. The molecule has 2 aliphatic rings. The number of benzene rings is 1. The number of nitrogens with one attached hydrogen (secondary N) is 1. The minimum Gasteiger partial charge on any atom is -0.493 e. The zero-order valence-electron chi connectivity index (χ0n) is 14.4. The Morgan fingerprint density at radius 2 is 2.00 bits per heavy atom. The van der Waals surface area contributed by atoms with E-state index in [1.165, 1.54) is 12.8 Å². The van der Waals surface area contributed by atoms with Crippen molar-refractivity contribution in [1.82, 2.24) is 5.32 Å². The summed E-state index contributed by atoms with van der Waals surface area (Å²) in [4.78, 5) is 12.1. The molecule has 3 rings (SSSR count). The molecule has 4 heteroatoms. The molecule has 1 N–H and O–H groups in total. The number of carbonyl (C=O) groups excluding carboxylic acids is 1. The van der Waals surface area contributed by atoms with Crippen LogP contribution in [0.1, 0.15) is 51.0 Å². The van der Waals surface area contributed by atoms with Crippen molar-refractivity contribution in [3.05, 3.63) is 23.8 Å². The Hall–Kier alpha value is -1.55. The van der Waals surface area contributed by atoms with Gasteiger partial charge in [-0.15, -0.1) is 0 Å². The fourth-order valence-electron chi connectivity index (χ4n) is 3.87. The number of Topliss-reactive ketones (excluding diaryl/α,β-unsaturated/α-hetero) is 1. The number of rotatable bonds is 5. The van der Waals surface area contributed by atoms with Crippen molar-refractivity contribution in [2.75, 3.05) is 20.2 Å². The fourth-order valence-corrected chi connectivity index (χ4v) is 3.87. The summed E-state index contributed by atoms with van der Waals surface area (Å²) in [6, 6.07) is 6.12. The zero-order chi connectivity index (χ0) is 16.4. The molecule has 2 atom stereocenters. The lowest BCUT2D eigenvalue weighted by atomic mass is 9.73. The predicted octanol–water partition coefficient (Wildman–Crippen LogP) is 3.30. The first kappa shape index (κ1) is 16.3. The van der Waals surface area contributed by atoms with Gasteiger partial charge < -0.3 is 14.8 Å². The van der Waals surface area contributed by atoms with Crippen molar-refractivity contribution >= 4 is 5.78 Å². The van der Waals surface area contributed by atoms with E-state index in [1.807, 2.05) is 6.07 Å². The molecule has 0 spiro atoms. The lowest BCUT2D eigenvalue weighted by Crippen LogP contribution is -2.32. The number of methoxy groups -OCH3 is 1. The highest BCUT2D eigenvalue weighted by atomic mass is 16.5. The van der Waals surface area contributed by atoms with Crippen molar-refractivity contribution in [2.24, 2.45) is 5.41 Å². The van der Waals surface area contributed by atoms with E-state index in [9.17, 15) is 4.79 Å². The van der Waals surface area contributed by atoms with Gasteiger partial charge in [-0.05, 0) is 50.3 Å². The summed E-state index contributed by atoms with van der Waals surface area (Å²) in [6.07, 6.45) is 5.00. The maximum Gasteiger partial charge on any atom is 0.161 e. The van der Waals surface area contributed by atoms with Gasteiger partial charge >= 0.3 is 0 Å². The average molecular weight is 317 g/mol. The van der Waals surface area contributed by atoms with Gasteiger partial charge in [-0.25, -0.2) is 0 Å². The molecule has 1 saturated heterocycles. The number of ether oxygens (including phenoxy) is 2. The molecular formula is C19H27NO3. The lowest BCUT2D eigenvalue weighted by Gasteiger charge is -2.28. The van der Waals surface area contributed by atoms with Crippen LogP contribution in [0.25, 0.3) is 0 Å². The average Bonchev–Trinajstić information content (AvgIpc) is 3.17. The smallest absolute Gasteiger partial charge is 0.161 e. The monoisotopic (exact) mass is 317 g/mol. The van der Waals surface area contributed by atoms with Crippen molar-refractivity contribution < 1.29 is 14.3 Å². The molecule has 1 aliphatic heterocycles. The first-order chi connectivity index (χ1) is 11.0. The highest BCUT2D eigenvalue weighted by Crippen LogP contribution is 2.42. The molecule has 1 aromatic carbocycles. The third-order valence-electron chi connectivity index (χ3n) is 5.60. The lowest BCUT2D eigenvalue weighted by molar-refractivity contribution is -0.125. The largest absolute Gasteiger partial charge is 0.493 e. The molecule has 0 aromatic heterocycles. The summed E-state index contributed by atoms with van der Waals surface area (Å²) in [5.74, 6) is 2.00. The van der Waals surface area contributed by atoms with Crippen molar-refractivity contribution in [1.29, 1.82) is 0 Å². The van der Waals surface area contributed by atoms with Gasteiger partial charge in [0.1, 0.15) is 5.78 Å². The molecule has 0 amide bonds. The van der Waals surface area contributed by atoms with Crippen LogP contribution < -0.4 is 14.8 Å². The standard InChI is InChI=1S/C19H27NO3/c1-13(21)19(2)12-20-11-16(19)14-8-9-17(22-3)18(10-14)23-15-6-4-5-7-15/h8-10,15-16,20H,4-7,11-12H2,1-3H3. The zero-order valence-corrected chi connectivity index (χ0v) is 14.4. The van der Waals surface area contributed by atoms with Gasteiger partial charge in [0.05, 0.1) is 13.2 Å². The van der Waals surface area contributed by atoms with Crippen LogP contribution in [0.15, 0.2) is 18.2 Å². The van der Waals surface area contributed by atoms with Gasteiger partial charge in [0, 0.05) is 24.4 Å². The van der Waals surface area contributed by atoms with Crippen LogP contribution in [0.3, 0.4) is 0 Å². The molecule has 2 fully saturated rings. The fraction of sp³-hybridized carbons (Fsp3) is 0.632. The Morgan fingerprint density at radius 1 is 1.26 bits per heavy atom. The minimum atomic E-state index is -0.348. The molecule has 1 saturated carbocycles. The van der Waals surface area contributed by atoms with E-state index in [-0.39, 0.29) is 17.1 Å². The normalized spacial score (nSPS) is 28.0. The molecule has 126 valence electrons. The molecule has 4 nitrogen and oxygen atoms in total. The van der Waals surface area contributed by atoms with Gasteiger partial charge in [-0.2, -0.15) is 0 Å². The number of hydrogen-bond acceptors (Lipinski definition) is 4. The first-order valence-corrected chi connectivity index (χ1v) is 8.61. The summed E-state index contributed by atoms with van der Waals surface area (Å²) in [5.41, 5.74) is 0.806. The van der Waals surface area contributed by atoms with E-state index in [0.29, 0.717) is 6.10 Å². The van der Waals surface area contributed by atoms with Crippen LogP contribution in [0.5, 0.6) is 11.5 Å². The van der Waals surface area contributed by atoms with Gasteiger partial charge in [0.15, 0.2) is 11.5 Å². The third kappa shape index (κ3) is 3.09. The molecule has 1 aliphatic carbocycles. The summed E-state index contributed by atoms with van der Waals surface area (Å²) < 4.78 is 11.7. The Morgan fingerprint density at radius 3 is 2.65 bits per heavy atom. The van der Waals surface area contributed by atoms with Crippen LogP contribution in [-0.4, -0.2) is 32.1 Å². The van der Waals surface area contributed by atoms with Crippen LogP contribution in [0, 0.1) is 5.41 Å². The number of hydrogen-bond donors (Lipinski definition) is 1. The maximum atomic E-state index is 12.1. The molecule has 0 radical (unpaired) electrons. The minimum absolute atomic E-state index is 0.178. The number of ketones is 1. The topological polar surface area (TPSA) is 47.6 Å². The van der Waals surface area contributed by atoms with Gasteiger partial charge in [0.2, 0.25) is 0 Å². The Labute approximate surface area is 138 Å². The Kier molecular flexibility index (Phi) is 4.62. The van der Waals surface area contributed by atoms with E-state index in [1.54, 1.807) is 14.0 Å². The molecule has 23 heavy (non-hydrogen) atoms. The summed E-state index contributed by atoms with van der Waals surface area (Å²) >= 11 is 0. The summed E-state index contributed by atoms with van der Waals surface area (Å²) in [6.45, 7) is 5.31. The molecule has 0 bridgehead atoms. The van der Waals surface area contributed by atoms with E-state index in [0.717, 1.165) is 43.0 Å². The van der Waals surface area contributed by atoms with Crippen molar-refractivity contribution in [3.8, 4) is 11.5 Å². The molecule has 1 aromatic rings. The quantitative estimate of drug-likeness (QED) is 0.905. The van der Waals surface area contributed by atoms with Crippen molar-refractivity contribution in [3.63, 3.8) is 0 Å². The Bertz CT molecular complexity index is 580. The van der Waals surface area contributed by atoms with E-state index in [4.69, 9.17) is 9.47 Å². The van der Waals surface area contributed by atoms with Crippen molar-refractivity contribution in [2.45, 2.75) is 51.6 Å². The molecular weight excluding hydrogens is 290 g/mol. The van der Waals surface area contributed by atoms with Gasteiger partial charge in [-0.1, -0.05) is 13.0 Å². The third-order valence-corrected chi connectivity index (χ3v) is 5.60. The van der Waals surface area contributed by atoms with Gasteiger partial charge in [-0.3, -0.25) is 4.79 Å². The maximum absolute atomic E-state index is 12.1. The summed E-state index contributed by atoms with van der Waals surface area (Å²) in [7, 11) is 1.67. The van der Waals surface area contributed by atoms with E-state index in [2.05, 4.69) is 24.4 Å². The van der Waals surface area contributed by atoms with Crippen LogP contribution in [0.2, 0.25) is 0 Å². The Balaban J connectivity index is 1.89. The van der Waals surface area contributed by atoms with E-state index < -0.39 is 0 Å². The van der Waals surface area contributed by atoms with Crippen LogP contribution in [-0.2, 0) is 4.79 Å². The molecule has 2 unspecified atom stereocenters. The summed E-state index contributed by atoms with van der Waals surface area (Å²) in [5, 5.41) is 3.37. The highest BCUT2D eigenvalue weighted by molar-refractivity contribution is 5.84. The van der Waals surface area contributed by atoms with Crippen LogP contribution >= 0.6 is 0 Å². The van der Waals surface area contributed by atoms with Crippen LogP contribution in [0.4, 0.5) is 0 Å². The SMILES string of the molecule is COc1ccc(C2CNCC2(C)C(C)=O)cc1OC1CCCC1. The molecule has 1 heterocycles. The predicted molar refractivity (Wildman–Crippen MR) is 90.3 cm³/mol. The number of carbonyl (C=O) groups is 1. The highest BCUT2D eigenvalue weighted by Gasteiger charge is 2.43.